The number of nitrogens with one attached hydrogen (secondary N) is 1. The Morgan fingerprint density at radius 3 is 2.75 bits per heavy atom. The van der Waals surface area contributed by atoms with E-state index in [4.69, 9.17) is 12.2 Å². The number of para-hydroxylation sites is 2. The van der Waals surface area contributed by atoms with Gasteiger partial charge in [-0.05, 0) is 24.3 Å². The second kappa shape index (κ2) is 9.72. The number of carbonyl (C=O) groups is 2. The highest BCUT2D eigenvalue weighted by Gasteiger charge is 2.32. The number of aromatic nitrogens is 1. The van der Waals surface area contributed by atoms with Gasteiger partial charge in [-0.25, -0.2) is 4.98 Å². The van der Waals surface area contributed by atoms with E-state index in [0.717, 1.165) is 22.0 Å². The molecular formula is C21H15F2N3O3S3. The fourth-order valence-corrected chi connectivity index (χ4v) is 5.14. The van der Waals surface area contributed by atoms with Crippen LogP contribution in [0.4, 0.5) is 13.9 Å². The van der Waals surface area contributed by atoms with Gasteiger partial charge in [-0.2, -0.15) is 8.78 Å². The summed E-state index contributed by atoms with van der Waals surface area (Å²) in [5, 5.41) is 3.22. The number of benzene rings is 2. The minimum absolute atomic E-state index is 0.0285. The lowest BCUT2D eigenvalue weighted by molar-refractivity contribution is -0.122. The van der Waals surface area contributed by atoms with Crippen molar-refractivity contribution < 1.29 is 23.1 Å². The van der Waals surface area contributed by atoms with Gasteiger partial charge >= 0.3 is 6.61 Å². The monoisotopic (exact) mass is 491 g/mol. The maximum atomic E-state index is 12.8. The Kier molecular flexibility index (Phi) is 6.77. The number of amides is 2. The van der Waals surface area contributed by atoms with Gasteiger partial charge in [0.05, 0.1) is 15.1 Å². The third-order valence-corrected chi connectivity index (χ3v) is 6.73. The number of thioether (sulfide) groups is 1. The van der Waals surface area contributed by atoms with Crippen LogP contribution < -0.4 is 10.1 Å². The highest BCUT2D eigenvalue weighted by molar-refractivity contribution is 8.26. The first-order chi connectivity index (χ1) is 15.4. The van der Waals surface area contributed by atoms with E-state index in [1.54, 1.807) is 18.2 Å². The summed E-state index contributed by atoms with van der Waals surface area (Å²) in [6.07, 6.45) is 1.49. The minimum Gasteiger partial charge on any atom is -0.434 e. The predicted molar refractivity (Wildman–Crippen MR) is 126 cm³/mol. The standard InChI is InChI=1S/C21H15F2N3O3S3/c22-19(23)29-14-7-3-1-5-12(14)11-16-18(28)26(21(30)32-16)10-9-17(27)25-20-24-13-6-2-4-8-15(13)31-20/h1-8,11,19H,9-10H2,(H,24,25,27). The zero-order chi connectivity index (χ0) is 22.7. The van der Waals surface area contributed by atoms with Crippen LogP contribution >= 0.6 is 35.3 Å². The SMILES string of the molecule is O=C(CCN1C(=O)C(=Cc2ccccc2OC(F)F)SC1=S)Nc1nc2ccccc2s1. The molecule has 0 spiro atoms. The smallest absolute Gasteiger partial charge is 0.387 e. The van der Waals surface area contributed by atoms with Crippen molar-refractivity contribution in [2.45, 2.75) is 13.0 Å². The second-order valence-electron chi connectivity index (χ2n) is 6.53. The van der Waals surface area contributed by atoms with Gasteiger partial charge in [-0.1, -0.05) is 65.6 Å². The summed E-state index contributed by atoms with van der Waals surface area (Å²) in [5.74, 6) is -0.722. The molecule has 3 aromatic rings. The molecule has 11 heteroatoms. The maximum absolute atomic E-state index is 12.8. The fraction of sp³-hybridized carbons (Fsp3) is 0.143. The molecule has 0 aliphatic carbocycles. The average molecular weight is 492 g/mol. The first-order valence-electron chi connectivity index (χ1n) is 9.35. The first kappa shape index (κ1) is 22.3. The van der Waals surface area contributed by atoms with Gasteiger partial charge in [0.15, 0.2) is 5.13 Å². The molecule has 2 heterocycles. The van der Waals surface area contributed by atoms with Crippen molar-refractivity contribution >= 4 is 72.9 Å². The molecule has 1 aliphatic rings. The normalized spacial score (nSPS) is 15.2. The van der Waals surface area contributed by atoms with Crippen LogP contribution in [0.15, 0.2) is 53.4 Å². The highest BCUT2D eigenvalue weighted by atomic mass is 32.2. The Bertz CT molecular complexity index is 1200. The van der Waals surface area contributed by atoms with E-state index in [9.17, 15) is 18.4 Å². The van der Waals surface area contributed by atoms with Crippen LogP contribution in [0.1, 0.15) is 12.0 Å². The van der Waals surface area contributed by atoms with Gasteiger partial charge in [-0.15, -0.1) is 0 Å². The van der Waals surface area contributed by atoms with Crippen LogP contribution in [0.25, 0.3) is 16.3 Å². The van der Waals surface area contributed by atoms with Crippen LogP contribution in [0.2, 0.25) is 0 Å². The number of carbonyl (C=O) groups excluding carboxylic acids is 2. The molecule has 1 aromatic heterocycles. The molecule has 32 heavy (non-hydrogen) atoms. The third-order valence-electron chi connectivity index (χ3n) is 4.40. The van der Waals surface area contributed by atoms with Gasteiger partial charge in [-0.3, -0.25) is 14.5 Å². The Balaban J connectivity index is 1.40. The molecule has 164 valence electrons. The summed E-state index contributed by atoms with van der Waals surface area (Å²) in [6.45, 7) is -2.89. The Labute approximate surface area is 195 Å². The van der Waals surface area contributed by atoms with E-state index in [1.807, 2.05) is 24.3 Å². The van der Waals surface area contributed by atoms with Gasteiger partial charge in [0.25, 0.3) is 5.91 Å². The topological polar surface area (TPSA) is 71.5 Å². The van der Waals surface area contributed by atoms with E-state index in [2.05, 4.69) is 15.0 Å². The minimum atomic E-state index is -2.98. The molecule has 0 saturated carbocycles. The van der Waals surface area contributed by atoms with E-state index in [1.165, 1.54) is 28.4 Å². The molecular weight excluding hydrogens is 476 g/mol. The summed E-state index contributed by atoms with van der Waals surface area (Å²) < 4.78 is 31.0. The number of nitrogens with zero attached hydrogens (tertiary/aromatic N) is 2. The number of thiazole rings is 1. The van der Waals surface area contributed by atoms with Crippen molar-refractivity contribution in [3.05, 3.63) is 59.0 Å². The number of fused-ring (bicyclic) bond motifs is 1. The summed E-state index contributed by atoms with van der Waals surface area (Å²) in [4.78, 5) is 31.0. The largest absolute Gasteiger partial charge is 0.434 e. The molecule has 4 rings (SSSR count). The number of ether oxygens (including phenoxy) is 1. The second-order valence-corrected chi connectivity index (χ2v) is 9.24. The molecule has 1 fully saturated rings. The molecule has 0 bridgehead atoms. The van der Waals surface area contributed by atoms with Gasteiger partial charge in [0.2, 0.25) is 5.91 Å². The zero-order valence-corrected chi connectivity index (χ0v) is 18.7. The molecule has 2 amide bonds. The number of halogens is 2. The van der Waals surface area contributed by atoms with Gasteiger partial charge in [0, 0.05) is 18.5 Å². The van der Waals surface area contributed by atoms with Crippen LogP contribution in [0, 0.1) is 0 Å². The van der Waals surface area contributed by atoms with E-state index in [0.29, 0.717) is 15.0 Å². The average Bonchev–Trinajstić information content (AvgIpc) is 3.27. The lowest BCUT2D eigenvalue weighted by Crippen LogP contribution is -2.31. The lowest BCUT2D eigenvalue weighted by Gasteiger charge is -2.13. The van der Waals surface area contributed by atoms with Crippen molar-refractivity contribution in [3.63, 3.8) is 0 Å². The number of thiocarbonyl (C=S) groups is 1. The molecule has 1 aliphatic heterocycles. The molecule has 1 N–H and O–H groups in total. The van der Waals surface area contributed by atoms with Crippen LogP contribution in [0.3, 0.4) is 0 Å². The van der Waals surface area contributed by atoms with E-state index < -0.39 is 6.61 Å². The maximum Gasteiger partial charge on any atom is 0.387 e. The van der Waals surface area contributed by atoms with Gasteiger partial charge < -0.3 is 10.1 Å². The Morgan fingerprint density at radius 2 is 1.97 bits per heavy atom. The van der Waals surface area contributed by atoms with E-state index in [-0.39, 0.29) is 35.4 Å². The zero-order valence-electron chi connectivity index (χ0n) is 16.3. The molecule has 0 atom stereocenters. The van der Waals surface area contributed by atoms with Crippen LogP contribution in [0.5, 0.6) is 5.75 Å². The molecule has 0 radical (unpaired) electrons. The molecule has 0 unspecified atom stereocenters. The first-order valence-corrected chi connectivity index (χ1v) is 11.4. The highest BCUT2D eigenvalue weighted by Crippen LogP contribution is 2.34. The number of hydrogen-bond acceptors (Lipinski definition) is 7. The van der Waals surface area contributed by atoms with Gasteiger partial charge in [0.1, 0.15) is 10.1 Å². The number of hydrogen-bond donors (Lipinski definition) is 1. The quantitative estimate of drug-likeness (QED) is 0.365. The fourth-order valence-electron chi connectivity index (χ4n) is 2.96. The van der Waals surface area contributed by atoms with Crippen molar-refractivity contribution in [2.75, 3.05) is 11.9 Å². The summed E-state index contributed by atoms with van der Waals surface area (Å²) in [5.41, 5.74) is 1.13. The summed E-state index contributed by atoms with van der Waals surface area (Å²) in [7, 11) is 0. The third kappa shape index (κ3) is 5.12. The van der Waals surface area contributed by atoms with Crippen molar-refractivity contribution in [3.8, 4) is 5.75 Å². The molecule has 6 nitrogen and oxygen atoms in total. The molecule has 1 saturated heterocycles. The summed E-state index contributed by atoms with van der Waals surface area (Å²) in [6, 6.07) is 13.7. The Morgan fingerprint density at radius 1 is 1.22 bits per heavy atom. The Hall–Kier alpha value is -2.89. The van der Waals surface area contributed by atoms with Crippen LogP contribution in [-0.4, -0.2) is 39.2 Å². The van der Waals surface area contributed by atoms with E-state index >= 15 is 0 Å². The summed E-state index contributed by atoms with van der Waals surface area (Å²) >= 11 is 7.68. The predicted octanol–water partition coefficient (Wildman–Crippen LogP) is 5.13. The van der Waals surface area contributed by atoms with Crippen molar-refractivity contribution in [2.24, 2.45) is 0 Å². The number of alkyl halides is 2. The lowest BCUT2D eigenvalue weighted by atomic mass is 10.2. The van der Waals surface area contributed by atoms with Crippen molar-refractivity contribution in [1.82, 2.24) is 9.88 Å². The molecule has 2 aromatic carbocycles. The number of anilines is 1. The van der Waals surface area contributed by atoms with Crippen LogP contribution in [-0.2, 0) is 9.59 Å². The van der Waals surface area contributed by atoms with Crippen molar-refractivity contribution in [1.29, 1.82) is 0 Å². The number of rotatable bonds is 7.